The van der Waals surface area contributed by atoms with Crippen molar-refractivity contribution >= 4 is 22.4 Å². The third-order valence-electron chi connectivity index (χ3n) is 1.73. The molecule has 0 radical (unpaired) electrons. The van der Waals surface area contributed by atoms with E-state index in [1.165, 1.54) is 0 Å². The van der Waals surface area contributed by atoms with E-state index in [0.29, 0.717) is 0 Å². The highest BCUT2D eigenvalue weighted by Gasteiger charge is 2.34. The van der Waals surface area contributed by atoms with Crippen LogP contribution in [0.4, 0.5) is 18.3 Å². The van der Waals surface area contributed by atoms with E-state index in [9.17, 15) is 18.0 Å². The van der Waals surface area contributed by atoms with Gasteiger partial charge < -0.3 is 5.32 Å². The van der Waals surface area contributed by atoms with E-state index in [4.69, 9.17) is 0 Å². The van der Waals surface area contributed by atoms with Crippen molar-refractivity contribution in [2.75, 3.05) is 5.32 Å². The lowest BCUT2D eigenvalue weighted by Crippen LogP contribution is -2.19. The van der Waals surface area contributed by atoms with Crippen LogP contribution in [0.15, 0.2) is 5.38 Å². The fourth-order valence-electron chi connectivity index (χ4n) is 1.11. The van der Waals surface area contributed by atoms with Crippen molar-refractivity contribution in [3.8, 4) is 0 Å². The quantitative estimate of drug-likeness (QED) is 0.889. The molecule has 0 saturated carbocycles. The van der Waals surface area contributed by atoms with Crippen LogP contribution in [0.3, 0.4) is 0 Å². The van der Waals surface area contributed by atoms with Crippen molar-refractivity contribution in [2.45, 2.75) is 33.4 Å². The molecule has 17 heavy (non-hydrogen) atoms. The molecule has 1 aromatic heterocycles. The summed E-state index contributed by atoms with van der Waals surface area (Å²) in [5, 5.41) is 3.22. The first-order valence-corrected chi connectivity index (χ1v) is 5.78. The first-order valence-electron chi connectivity index (χ1n) is 4.90. The highest BCUT2D eigenvalue weighted by molar-refractivity contribution is 7.13. The van der Waals surface area contributed by atoms with Crippen LogP contribution in [0, 0.1) is 5.41 Å². The van der Waals surface area contributed by atoms with E-state index in [1.54, 1.807) is 0 Å². The number of hydrogen-bond acceptors (Lipinski definition) is 3. The first kappa shape index (κ1) is 14.0. The Labute approximate surface area is 101 Å². The summed E-state index contributed by atoms with van der Waals surface area (Å²) in [6.45, 7) is 5.61. The maximum absolute atomic E-state index is 12.2. The summed E-state index contributed by atoms with van der Waals surface area (Å²) >= 11 is 0.768. The minimum absolute atomic E-state index is 0.0217. The average Bonchev–Trinajstić information content (AvgIpc) is 2.47. The van der Waals surface area contributed by atoms with Crippen molar-refractivity contribution in [1.82, 2.24) is 4.98 Å². The third-order valence-corrected chi connectivity index (χ3v) is 2.49. The van der Waals surface area contributed by atoms with Gasteiger partial charge in [-0.2, -0.15) is 13.2 Å². The van der Waals surface area contributed by atoms with Gasteiger partial charge in [0, 0.05) is 11.8 Å². The zero-order valence-electron chi connectivity index (χ0n) is 9.68. The van der Waals surface area contributed by atoms with E-state index in [-0.39, 0.29) is 22.9 Å². The Hall–Kier alpha value is -1.11. The number of amides is 1. The topological polar surface area (TPSA) is 42.0 Å². The molecule has 0 aliphatic carbocycles. The fourth-order valence-corrected chi connectivity index (χ4v) is 1.84. The molecule has 0 fully saturated rings. The van der Waals surface area contributed by atoms with Gasteiger partial charge in [-0.05, 0) is 5.41 Å². The smallest absolute Gasteiger partial charge is 0.302 e. The van der Waals surface area contributed by atoms with Gasteiger partial charge in [0.15, 0.2) is 10.8 Å². The standard InChI is InChI=1S/C10H13F3N2OS/c1-9(2,3)4-7(16)15-8-14-6(5-17-8)10(11,12)13/h5H,4H2,1-3H3,(H,14,15,16). The number of alkyl halides is 3. The number of anilines is 1. The zero-order valence-corrected chi connectivity index (χ0v) is 10.5. The summed E-state index contributed by atoms with van der Waals surface area (Å²) in [5.41, 5.74) is -1.19. The molecule has 0 aromatic carbocycles. The van der Waals surface area contributed by atoms with Crippen LogP contribution in [-0.2, 0) is 11.0 Å². The van der Waals surface area contributed by atoms with Crippen LogP contribution in [-0.4, -0.2) is 10.9 Å². The molecule has 0 saturated heterocycles. The molecule has 0 aliphatic rings. The van der Waals surface area contributed by atoms with E-state index >= 15 is 0 Å². The molecule has 96 valence electrons. The Bertz CT molecular complexity index is 406. The van der Waals surface area contributed by atoms with Crippen LogP contribution >= 0.6 is 11.3 Å². The zero-order chi connectivity index (χ0) is 13.3. The number of halogens is 3. The van der Waals surface area contributed by atoms with Gasteiger partial charge in [-0.1, -0.05) is 20.8 Å². The summed E-state index contributed by atoms with van der Waals surface area (Å²) in [6.07, 6.45) is -4.24. The number of hydrogen-bond donors (Lipinski definition) is 1. The van der Waals surface area contributed by atoms with Gasteiger partial charge in [-0.15, -0.1) is 11.3 Å². The second-order valence-corrected chi connectivity index (χ2v) is 5.68. The predicted molar refractivity (Wildman–Crippen MR) is 59.8 cm³/mol. The molecule has 1 amide bonds. The second-order valence-electron chi connectivity index (χ2n) is 4.82. The largest absolute Gasteiger partial charge is 0.434 e. The number of nitrogens with zero attached hydrogens (tertiary/aromatic N) is 1. The molecular formula is C10H13F3N2OS. The Balaban J connectivity index is 2.65. The van der Waals surface area contributed by atoms with E-state index in [2.05, 4.69) is 10.3 Å². The Kier molecular flexibility index (Phi) is 3.81. The maximum atomic E-state index is 12.2. The number of aromatic nitrogens is 1. The van der Waals surface area contributed by atoms with Gasteiger partial charge in [0.05, 0.1) is 0 Å². The molecular weight excluding hydrogens is 253 g/mol. The first-order chi connectivity index (χ1) is 7.58. The normalized spacial score (nSPS) is 12.6. The van der Waals surface area contributed by atoms with E-state index < -0.39 is 11.9 Å². The molecule has 1 heterocycles. The number of rotatable bonds is 2. The molecule has 1 aromatic rings. The summed E-state index contributed by atoms with van der Waals surface area (Å²) in [5.74, 6) is -0.333. The van der Waals surface area contributed by atoms with Crippen molar-refractivity contribution < 1.29 is 18.0 Å². The van der Waals surface area contributed by atoms with Gasteiger partial charge in [0.25, 0.3) is 0 Å². The van der Waals surface area contributed by atoms with Gasteiger partial charge in [-0.3, -0.25) is 4.79 Å². The van der Waals surface area contributed by atoms with Crippen molar-refractivity contribution in [2.24, 2.45) is 5.41 Å². The maximum Gasteiger partial charge on any atom is 0.434 e. The van der Waals surface area contributed by atoms with Crippen LogP contribution in [0.25, 0.3) is 0 Å². The summed E-state index contributed by atoms with van der Waals surface area (Å²) in [7, 11) is 0. The molecule has 0 spiro atoms. The Morgan fingerprint density at radius 2 is 2.00 bits per heavy atom. The van der Waals surface area contributed by atoms with Crippen LogP contribution < -0.4 is 5.32 Å². The molecule has 0 bridgehead atoms. The molecule has 1 rings (SSSR count). The number of nitrogens with one attached hydrogen (secondary N) is 1. The number of carbonyl (C=O) groups is 1. The third kappa shape index (κ3) is 4.72. The van der Waals surface area contributed by atoms with Gasteiger partial charge in [0.1, 0.15) is 0 Å². The van der Waals surface area contributed by atoms with Crippen molar-refractivity contribution in [3.63, 3.8) is 0 Å². The molecule has 0 atom stereocenters. The summed E-state index contributed by atoms with van der Waals surface area (Å²) in [4.78, 5) is 14.8. The van der Waals surface area contributed by atoms with Crippen molar-refractivity contribution in [3.05, 3.63) is 11.1 Å². The Morgan fingerprint density at radius 1 is 1.41 bits per heavy atom. The summed E-state index contributed by atoms with van der Waals surface area (Å²) < 4.78 is 36.7. The van der Waals surface area contributed by atoms with Gasteiger partial charge in [-0.25, -0.2) is 4.98 Å². The van der Waals surface area contributed by atoms with E-state index in [0.717, 1.165) is 16.7 Å². The highest BCUT2D eigenvalue weighted by Crippen LogP contribution is 2.31. The Morgan fingerprint density at radius 3 is 2.41 bits per heavy atom. The number of carbonyl (C=O) groups excluding carboxylic acids is 1. The molecule has 1 N–H and O–H groups in total. The highest BCUT2D eigenvalue weighted by atomic mass is 32.1. The molecule has 0 unspecified atom stereocenters. The molecule has 0 aliphatic heterocycles. The van der Waals surface area contributed by atoms with Crippen LogP contribution in [0.2, 0.25) is 0 Å². The summed E-state index contributed by atoms with van der Waals surface area (Å²) in [6, 6.07) is 0. The van der Waals surface area contributed by atoms with Gasteiger partial charge in [0.2, 0.25) is 5.91 Å². The lowest BCUT2D eigenvalue weighted by Gasteiger charge is -2.16. The molecule has 3 nitrogen and oxygen atoms in total. The van der Waals surface area contributed by atoms with E-state index in [1.807, 2.05) is 20.8 Å². The van der Waals surface area contributed by atoms with Crippen LogP contribution in [0.5, 0.6) is 0 Å². The van der Waals surface area contributed by atoms with Gasteiger partial charge >= 0.3 is 6.18 Å². The molecule has 7 heteroatoms. The van der Waals surface area contributed by atoms with Crippen LogP contribution in [0.1, 0.15) is 32.9 Å². The second kappa shape index (κ2) is 4.64. The lowest BCUT2D eigenvalue weighted by atomic mass is 9.92. The lowest BCUT2D eigenvalue weighted by molar-refractivity contribution is -0.140. The van der Waals surface area contributed by atoms with Crippen molar-refractivity contribution in [1.29, 1.82) is 0 Å². The monoisotopic (exact) mass is 266 g/mol. The average molecular weight is 266 g/mol. The number of thiazole rings is 1. The minimum Gasteiger partial charge on any atom is -0.302 e. The minimum atomic E-state index is -4.47. The fraction of sp³-hybridized carbons (Fsp3) is 0.600. The predicted octanol–water partition coefficient (Wildman–Crippen LogP) is 3.54. The SMILES string of the molecule is CC(C)(C)CC(=O)Nc1nc(C(F)(F)F)cs1.